The third kappa shape index (κ3) is 2.05. The molecule has 0 aromatic heterocycles. The smallest absolute Gasteiger partial charge is 0.227 e. The summed E-state index contributed by atoms with van der Waals surface area (Å²) < 4.78 is 0. The van der Waals surface area contributed by atoms with Crippen LogP contribution in [0.2, 0.25) is 0 Å². The summed E-state index contributed by atoms with van der Waals surface area (Å²) in [5.41, 5.74) is 6.10. The molecule has 4 nitrogen and oxygen atoms in total. The van der Waals surface area contributed by atoms with Crippen molar-refractivity contribution >= 4 is 28.3 Å². The van der Waals surface area contributed by atoms with Crippen LogP contribution in [0.25, 0.3) is 10.8 Å². The summed E-state index contributed by atoms with van der Waals surface area (Å²) in [5, 5.41) is 2.21. The number of nitrogens with two attached hydrogens (primary N) is 1. The Bertz CT molecular complexity index is 666. The van der Waals surface area contributed by atoms with Crippen LogP contribution in [0.5, 0.6) is 0 Å². The van der Waals surface area contributed by atoms with Gasteiger partial charge in [0.25, 0.3) is 0 Å². The van der Waals surface area contributed by atoms with Gasteiger partial charge >= 0.3 is 0 Å². The van der Waals surface area contributed by atoms with Gasteiger partial charge in [0.15, 0.2) is 0 Å². The standard InChI is InChI=1S/C15H14N2O2/c16-15(19)12-8-14(18)17(9-12)13-6-5-10-3-1-2-4-11(10)7-13/h1-7,12H,8-9H2,(H2,16,19)/t12-/m0/s1. The molecule has 0 spiro atoms. The van der Waals surface area contributed by atoms with Gasteiger partial charge in [-0.05, 0) is 22.9 Å². The second-order valence-corrected chi connectivity index (χ2v) is 4.84. The number of fused-ring (bicyclic) bond motifs is 1. The molecule has 0 aliphatic carbocycles. The van der Waals surface area contributed by atoms with E-state index < -0.39 is 5.91 Å². The van der Waals surface area contributed by atoms with Crippen molar-refractivity contribution in [3.8, 4) is 0 Å². The van der Waals surface area contributed by atoms with Gasteiger partial charge in [0.1, 0.15) is 0 Å². The Kier molecular flexibility index (Phi) is 2.71. The third-order valence-corrected chi connectivity index (χ3v) is 3.57. The van der Waals surface area contributed by atoms with Gasteiger partial charge in [-0.3, -0.25) is 9.59 Å². The minimum Gasteiger partial charge on any atom is -0.369 e. The molecule has 2 N–H and O–H groups in total. The zero-order valence-electron chi connectivity index (χ0n) is 10.4. The first-order chi connectivity index (χ1) is 9.15. The lowest BCUT2D eigenvalue weighted by molar-refractivity contribution is -0.123. The number of rotatable bonds is 2. The third-order valence-electron chi connectivity index (χ3n) is 3.57. The van der Waals surface area contributed by atoms with Crippen LogP contribution in [0.4, 0.5) is 5.69 Å². The van der Waals surface area contributed by atoms with Crippen LogP contribution in [0.3, 0.4) is 0 Å². The summed E-state index contributed by atoms with van der Waals surface area (Å²) in [7, 11) is 0. The molecule has 2 aromatic rings. The summed E-state index contributed by atoms with van der Waals surface area (Å²) in [5.74, 6) is -0.824. The molecule has 19 heavy (non-hydrogen) atoms. The predicted octanol–water partition coefficient (Wildman–Crippen LogP) is 1.68. The fourth-order valence-corrected chi connectivity index (χ4v) is 2.49. The molecule has 2 aromatic carbocycles. The number of hydrogen-bond acceptors (Lipinski definition) is 2. The molecule has 3 rings (SSSR count). The van der Waals surface area contributed by atoms with E-state index in [0.717, 1.165) is 16.5 Å². The Morgan fingerprint density at radius 2 is 1.89 bits per heavy atom. The summed E-state index contributed by atoms with van der Waals surface area (Å²) in [6.07, 6.45) is 0.210. The first-order valence-electron chi connectivity index (χ1n) is 6.23. The molecule has 1 aliphatic rings. The Labute approximate surface area is 110 Å². The number of primary amides is 1. The summed E-state index contributed by atoms with van der Waals surface area (Å²) in [6, 6.07) is 13.8. The average molecular weight is 254 g/mol. The van der Waals surface area contributed by atoms with E-state index in [-0.39, 0.29) is 18.2 Å². The van der Waals surface area contributed by atoms with Gasteiger partial charge in [0.05, 0.1) is 5.92 Å². The Hall–Kier alpha value is -2.36. The van der Waals surface area contributed by atoms with Crippen molar-refractivity contribution in [1.29, 1.82) is 0 Å². The average Bonchev–Trinajstić information content (AvgIpc) is 2.80. The lowest BCUT2D eigenvalue weighted by atomic mass is 10.1. The van der Waals surface area contributed by atoms with Crippen LogP contribution in [0.15, 0.2) is 42.5 Å². The van der Waals surface area contributed by atoms with E-state index in [1.54, 1.807) is 4.90 Å². The highest BCUT2D eigenvalue weighted by Crippen LogP contribution is 2.27. The van der Waals surface area contributed by atoms with Crippen molar-refractivity contribution < 1.29 is 9.59 Å². The predicted molar refractivity (Wildman–Crippen MR) is 73.6 cm³/mol. The maximum Gasteiger partial charge on any atom is 0.227 e. The van der Waals surface area contributed by atoms with Crippen molar-refractivity contribution in [3.63, 3.8) is 0 Å². The lowest BCUT2D eigenvalue weighted by Crippen LogP contribution is -2.28. The van der Waals surface area contributed by atoms with Crippen LogP contribution < -0.4 is 10.6 Å². The quantitative estimate of drug-likeness (QED) is 0.886. The number of carbonyl (C=O) groups is 2. The second-order valence-electron chi connectivity index (χ2n) is 4.84. The topological polar surface area (TPSA) is 63.4 Å². The summed E-state index contributed by atoms with van der Waals surface area (Å²) in [6.45, 7) is 0.381. The molecular weight excluding hydrogens is 240 g/mol. The van der Waals surface area contributed by atoms with Gasteiger partial charge in [-0.15, -0.1) is 0 Å². The Balaban J connectivity index is 1.96. The Morgan fingerprint density at radius 3 is 2.58 bits per heavy atom. The molecule has 0 unspecified atom stereocenters. The van der Waals surface area contributed by atoms with E-state index in [1.165, 1.54) is 0 Å². The van der Waals surface area contributed by atoms with E-state index in [0.29, 0.717) is 6.54 Å². The highest BCUT2D eigenvalue weighted by molar-refractivity contribution is 6.01. The van der Waals surface area contributed by atoms with Gasteiger partial charge in [-0.2, -0.15) is 0 Å². The molecule has 1 fully saturated rings. The first-order valence-corrected chi connectivity index (χ1v) is 6.23. The van der Waals surface area contributed by atoms with E-state index in [2.05, 4.69) is 0 Å². The number of benzene rings is 2. The van der Waals surface area contributed by atoms with Crippen molar-refractivity contribution in [3.05, 3.63) is 42.5 Å². The van der Waals surface area contributed by atoms with Gasteiger partial charge < -0.3 is 10.6 Å². The van der Waals surface area contributed by atoms with Crippen molar-refractivity contribution in [2.45, 2.75) is 6.42 Å². The fourth-order valence-electron chi connectivity index (χ4n) is 2.49. The molecule has 96 valence electrons. The van der Waals surface area contributed by atoms with E-state index in [4.69, 9.17) is 5.73 Å². The van der Waals surface area contributed by atoms with Gasteiger partial charge in [0, 0.05) is 18.7 Å². The number of hydrogen-bond donors (Lipinski definition) is 1. The first kappa shape index (κ1) is 11.7. The van der Waals surface area contributed by atoms with Crippen molar-refractivity contribution in [1.82, 2.24) is 0 Å². The van der Waals surface area contributed by atoms with Crippen molar-refractivity contribution in [2.24, 2.45) is 11.7 Å². The van der Waals surface area contributed by atoms with E-state index in [9.17, 15) is 9.59 Å². The van der Waals surface area contributed by atoms with Gasteiger partial charge in [0.2, 0.25) is 11.8 Å². The molecule has 0 saturated carbocycles. The monoisotopic (exact) mass is 254 g/mol. The lowest BCUT2D eigenvalue weighted by Gasteiger charge is -2.16. The number of anilines is 1. The van der Waals surface area contributed by atoms with Crippen molar-refractivity contribution in [2.75, 3.05) is 11.4 Å². The molecule has 1 saturated heterocycles. The maximum atomic E-state index is 11.9. The van der Waals surface area contributed by atoms with Crippen LogP contribution in [0.1, 0.15) is 6.42 Å². The van der Waals surface area contributed by atoms with E-state index >= 15 is 0 Å². The van der Waals surface area contributed by atoms with E-state index in [1.807, 2.05) is 42.5 Å². The van der Waals surface area contributed by atoms with Gasteiger partial charge in [-0.1, -0.05) is 30.3 Å². The van der Waals surface area contributed by atoms with Crippen LogP contribution >= 0.6 is 0 Å². The Morgan fingerprint density at radius 1 is 1.16 bits per heavy atom. The molecule has 1 aliphatic heterocycles. The van der Waals surface area contributed by atoms with Crippen LogP contribution in [-0.4, -0.2) is 18.4 Å². The highest BCUT2D eigenvalue weighted by Gasteiger charge is 2.33. The summed E-state index contributed by atoms with van der Waals surface area (Å²) >= 11 is 0. The molecule has 0 bridgehead atoms. The molecule has 1 heterocycles. The largest absolute Gasteiger partial charge is 0.369 e. The minimum atomic E-state index is -0.406. The molecule has 0 radical (unpaired) electrons. The van der Waals surface area contributed by atoms with Crippen LogP contribution in [0, 0.1) is 5.92 Å². The van der Waals surface area contributed by atoms with Gasteiger partial charge in [-0.25, -0.2) is 0 Å². The normalized spacial score (nSPS) is 19.1. The highest BCUT2D eigenvalue weighted by atomic mass is 16.2. The zero-order chi connectivity index (χ0) is 13.4. The maximum absolute atomic E-state index is 11.9. The fraction of sp³-hybridized carbons (Fsp3) is 0.200. The SMILES string of the molecule is NC(=O)[C@H]1CC(=O)N(c2ccc3ccccc3c2)C1. The molecule has 1 atom stereocenters. The second kappa shape index (κ2) is 4.39. The molecule has 4 heteroatoms. The molecular formula is C15H14N2O2. The van der Waals surface area contributed by atoms with Crippen LogP contribution in [-0.2, 0) is 9.59 Å². The number of nitrogens with zero attached hydrogens (tertiary/aromatic N) is 1. The zero-order valence-corrected chi connectivity index (χ0v) is 10.4. The summed E-state index contributed by atoms with van der Waals surface area (Å²) in [4.78, 5) is 24.8. The number of carbonyl (C=O) groups excluding carboxylic acids is 2. The minimum absolute atomic E-state index is 0.0425. The molecule has 2 amide bonds. The number of amides is 2.